The van der Waals surface area contributed by atoms with Gasteiger partial charge in [-0.3, -0.25) is 14.7 Å². The van der Waals surface area contributed by atoms with E-state index in [9.17, 15) is 9.59 Å². The minimum Gasteiger partial charge on any atom is -0.339 e. The van der Waals surface area contributed by atoms with Crippen molar-refractivity contribution >= 4 is 28.4 Å². The van der Waals surface area contributed by atoms with Crippen molar-refractivity contribution in [2.75, 3.05) is 12.4 Å². The van der Waals surface area contributed by atoms with Gasteiger partial charge < -0.3 is 16.0 Å². The van der Waals surface area contributed by atoms with Gasteiger partial charge in [-0.15, -0.1) is 0 Å². The minimum atomic E-state index is -0.703. The second-order valence-corrected chi connectivity index (χ2v) is 6.03. The molecule has 0 saturated heterocycles. The number of amides is 2. The summed E-state index contributed by atoms with van der Waals surface area (Å²) in [7, 11) is 1.86. The number of H-pyrrole nitrogens is 1. The van der Waals surface area contributed by atoms with Crippen LogP contribution in [0.15, 0.2) is 48.5 Å². The van der Waals surface area contributed by atoms with Crippen molar-refractivity contribution in [2.24, 2.45) is 0 Å². The van der Waals surface area contributed by atoms with Gasteiger partial charge in [-0.05, 0) is 37.7 Å². The molecule has 134 valence electrons. The van der Waals surface area contributed by atoms with Crippen LogP contribution >= 0.6 is 0 Å². The Morgan fingerprint density at radius 2 is 1.96 bits per heavy atom. The van der Waals surface area contributed by atoms with Crippen molar-refractivity contribution in [3.63, 3.8) is 0 Å². The summed E-state index contributed by atoms with van der Waals surface area (Å²) in [5.74, 6) is -0.686. The van der Waals surface area contributed by atoms with Gasteiger partial charge >= 0.3 is 0 Å². The zero-order valence-electron chi connectivity index (χ0n) is 14.7. The molecule has 0 spiro atoms. The highest BCUT2D eigenvalue weighted by molar-refractivity contribution is 6.06. The van der Waals surface area contributed by atoms with E-state index in [1.165, 1.54) is 0 Å². The Balaban J connectivity index is 1.65. The number of rotatable bonds is 6. The smallest absolute Gasteiger partial charge is 0.273 e. The molecule has 7 heteroatoms. The zero-order chi connectivity index (χ0) is 18.5. The lowest BCUT2D eigenvalue weighted by Crippen LogP contribution is -2.41. The van der Waals surface area contributed by atoms with E-state index in [0.717, 1.165) is 16.5 Å². The van der Waals surface area contributed by atoms with Gasteiger partial charge in [0.15, 0.2) is 5.69 Å². The number of benzene rings is 2. The maximum Gasteiger partial charge on any atom is 0.273 e. The maximum atomic E-state index is 12.4. The summed E-state index contributed by atoms with van der Waals surface area (Å²) in [6, 6.07) is 14.2. The summed E-state index contributed by atoms with van der Waals surface area (Å²) in [5.41, 5.74) is 2.80. The average molecular weight is 351 g/mol. The lowest BCUT2D eigenvalue weighted by Gasteiger charge is -2.14. The molecule has 3 rings (SSSR count). The number of carbonyl (C=O) groups excluding carboxylic acids is 2. The van der Waals surface area contributed by atoms with Gasteiger partial charge in [-0.1, -0.05) is 30.3 Å². The summed E-state index contributed by atoms with van der Waals surface area (Å²) in [6.45, 7) is 2.35. The standard InChI is InChI=1S/C19H21N5O2/c1-12(18(25)22-14-7-5-6-13(10-14)11-20-2)21-19(26)17-15-8-3-4-9-16(15)23-24-17/h3-10,12,20H,11H2,1-2H3,(H,21,26)(H,22,25)(H,23,24). The van der Waals surface area contributed by atoms with Crippen LogP contribution in [0.25, 0.3) is 10.9 Å². The third-order valence-corrected chi connectivity index (χ3v) is 4.00. The summed E-state index contributed by atoms with van der Waals surface area (Å²) < 4.78 is 0. The normalized spacial score (nSPS) is 11.9. The van der Waals surface area contributed by atoms with Crippen molar-refractivity contribution in [3.05, 3.63) is 59.8 Å². The maximum absolute atomic E-state index is 12.4. The molecule has 0 bridgehead atoms. The topological polar surface area (TPSA) is 98.9 Å². The predicted molar refractivity (Wildman–Crippen MR) is 101 cm³/mol. The van der Waals surface area contributed by atoms with Gasteiger partial charge in [0.1, 0.15) is 6.04 Å². The first kappa shape index (κ1) is 17.6. The Morgan fingerprint density at radius 3 is 2.77 bits per heavy atom. The quantitative estimate of drug-likeness (QED) is 0.546. The van der Waals surface area contributed by atoms with E-state index >= 15 is 0 Å². The van der Waals surface area contributed by atoms with E-state index in [0.29, 0.717) is 12.2 Å². The highest BCUT2D eigenvalue weighted by Gasteiger charge is 2.20. The molecule has 0 aliphatic carbocycles. The highest BCUT2D eigenvalue weighted by Crippen LogP contribution is 2.15. The van der Waals surface area contributed by atoms with Crippen molar-refractivity contribution in [2.45, 2.75) is 19.5 Å². The fraction of sp³-hybridized carbons (Fsp3) is 0.211. The van der Waals surface area contributed by atoms with Crippen molar-refractivity contribution < 1.29 is 9.59 Å². The van der Waals surface area contributed by atoms with Crippen LogP contribution in [0.1, 0.15) is 23.0 Å². The third kappa shape index (κ3) is 3.89. The van der Waals surface area contributed by atoms with Crippen molar-refractivity contribution in [1.82, 2.24) is 20.8 Å². The number of nitrogens with one attached hydrogen (secondary N) is 4. The number of nitrogens with zero attached hydrogens (tertiary/aromatic N) is 1. The Bertz CT molecular complexity index is 934. The minimum absolute atomic E-state index is 0.274. The van der Waals surface area contributed by atoms with Gasteiger partial charge in [0.2, 0.25) is 5.91 Å². The van der Waals surface area contributed by atoms with E-state index in [2.05, 4.69) is 26.1 Å². The van der Waals surface area contributed by atoms with E-state index < -0.39 is 11.9 Å². The van der Waals surface area contributed by atoms with Crippen LogP contribution in [-0.2, 0) is 11.3 Å². The molecule has 0 radical (unpaired) electrons. The molecule has 2 aromatic carbocycles. The van der Waals surface area contributed by atoms with E-state index in [-0.39, 0.29) is 11.6 Å². The van der Waals surface area contributed by atoms with Crippen LogP contribution in [0.5, 0.6) is 0 Å². The first-order valence-electron chi connectivity index (χ1n) is 8.37. The Morgan fingerprint density at radius 1 is 1.15 bits per heavy atom. The Hall–Kier alpha value is -3.19. The highest BCUT2D eigenvalue weighted by atomic mass is 16.2. The fourth-order valence-electron chi connectivity index (χ4n) is 2.68. The summed E-state index contributed by atoms with van der Waals surface area (Å²) >= 11 is 0. The van der Waals surface area contributed by atoms with E-state index in [1.807, 2.05) is 55.6 Å². The average Bonchev–Trinajstić information content (AvgIpc) is 3.06. The van der Waals surface area contributed by atoms with Gasteiger partial charge in [-0.25, -0.2) is 0 Å². The molecule has 0 aliphatic heterocycles. The molecule has 1 aromatic heterocycles. The molecule has 1 unspecified atom stereocenters. The van der Waals surface area contributed by atoms with Crippen LogP contribution < -0.4 is 16.0 Å². The van der Waals surface area contributed by atoms with Gasteiger partial charge in [-0.2, -0.15) is 5.10 Å². The zero-order valence-corrected chi connectivity index (χ0v) is 14.7. The first-order chi connectivity index (χ1) is 12.6. The van der Waals surface area contributed by atoms with Crippen molar-refractivity contribution in [1.29, 1.82) is 0 Å². The number of hydrogen-bond donors (Lipinski definition) is 4. The van der Waals surface area contributed by atoms with Gasteiger partial charge in [0.25, 0.3) is 5.91 Å². The lowest BCUT2D eigenvalue weighted by atomic mass is 10.2. The molecular formula is C19H21N5O2. The van der Waals surface area contributed by atoms with Crippen molar-refractivity contribution in [3.8, 4) is 0 Å². The van der Waals surface area contributed by atoms with Crippen LogP contribution in [-0.4, -0.2) is 35.1 Å². The molecule has 0 saturated carbocycles. The SMILES string of the molecule is CNCc1cccc(NC(=O)C(C)NC(=O)c2n[nH]c3ccccc23)c1. The molecule has 0 fully saturated rings. The predicted octanol–water partition coefficient (Wildman–Crippen LogP) is 2.04. The third-order valence-electron chi connectivity index (χ3n) is 4.00. The number of aromatic nitrogens is 2. The molecule has 2 amide bonds. The van der Waals surface area contributed by atoms with Crippen LogP contribution in [0, 0.1) is 0 Å². The number of anilines is 1. The second kappa shape index (κ2) is 7.79. The molecule has 1 atom stereocenters. The molecular weight excluding hydrogens is 330 g/mol. The second-order valence-electron chi connectivity index (χ2n) is 6.03. The number of aromatic amines is 1. The summed E-state index contributed by atoms with van der Waals surface area (Å²) in [5, 5.41) is 16.2. The molecule has 3 aromatic rings. The van der Waals surface area contributed by atoms with Crippen LogP contribution in [0.2, 0.25) is 0 Å². The van der Waals surface area contributed by atoms with Crippen LogP contribution in [0.4, 0.5) is 5.69 Å². The number of carbonyl (C=O) groups is 2. The first-order valence-corrected chi connectivity index (χ1v) is 8.37. The largest absolute Gasteiger partial charge is 0.339 e. The fourth-order valence-corrected chi connectivity index (χ4v) is 2.68. The molecule has 7 nitrogen and oxygen atoms in total. The summed E-state index contributed by atoms with van der Waals surface area (Å²) in [4.78, 5) is 24.8. The Labute approximate surface area is 151 Å². The van der Waals surface area contributed by atoms with E-state index in [1.54, 1.807) is 6.92 Å². The van der Waals surface area contributed by atoms with Gasteiger partial charge in [0.05, 0.1) is 5.52 Å². The summed E-state index contributed by atoms with van der Waals surface area (Å²) in [6.07, 6.45) is 0. The van der Waals surface area contributed by atoms with E-state index in [4.69, 9.17) is 0 Å². The van der Waals surface area contributed by atoms with Crippen LogP contribution in [0.3, 0.4) is 0 Å². The molecule has 1 heterocycles. The lowest BCUT2D eigenvalue weighted by molar-refractivity contribution is -0.117. The monoisotopic (exact) mass is 351 g/mol. The Kier molecular flexibility index (Phi) is 5.28. The number of fused-ring (bicyclic) bond motifs is 1. The number of hydrogen-bond acceptors (Lipinski definition) is 4. The molecule has 0 aliphatic rings. The molecule has 26 heavy (non-hydrogen) atoms. The molecule has 4 N–H and O–H groups in total. The van der Waals surface area contributed by atoms with Gasteiger partial charge in [0, 0.05) is 17.6 Å². The number of para-hydroxylation sites is 1.